The topological polar surface area (TPSA) is 87.1 Å². The molecule has 24 aromatic rings. The lowest BCUT2D eigenvalue weighted by Gasteiger charge is -2.32. The van der Waals surface area contributed by atoms with E-state index >= 15 is 0 Å². The van der Waals surface area contributed by atoms with Crippen LogP contribution in [0.5, 0.6) is 0 Å². The van der Waals surface area contributed by atoms with Crippen LogP contribution in [0.15, 0.2) is 364 Å². The number of pyridine rings is 1. The van der Waals surface area contributed by atoms with Gasteiger partial charge in [-0.3, -0.25) is 19.7 Å². The van der Waals surface area contributed by atoms with Gasteiger partial charge in [-0.05, 0) is 156 Å². The van der Waals surface area contributed by atoms with Crippen molar-refractivity contribution in [2.24, 2.45) is 0 Å². The molecular weight excluding hydrogens is 1640 g/mol. The van der Waals surface area contributed by atoms with Gasteiger partial charge in [-0.25, -0.2) is 24.9 Å². The Labute approximate surface area is 733 Å². The maximum atomic E-state index is 5.29. The molecule has 20 heteroatoms. The number of rotatable bonds is 8. The molecule has 0 spiro atoms. The van der Waals surface area contributed by atoms with Crippen molar-refractivity contribution in [2.45, 2.75) is 0 Å². The van der Waals surface area contributed by atoms with Crippen LogP contribution in [0.3, 0.4) is 0 Å². The number of thiophene rings is 8. The molecule has 0 radical (unpaired) electrons. The van der Waals surface area contributed by atoms with Gasteiger partial charge in [0.25, 0.3) is 20.1 Å². The summed E-state index contributed by atoms with van der Waals surface area (Å²) >= 11 is 14.9. The van der Waals surface area contributed by atoms with Gasteiger partial charge in [0.2, 0.25) is 0 Å². The summed E-state index contributed by atoms with van der Waals surface area (Å²) in [6.45, 7) is -0.139. The van der Waals surface area contributed by atoms with Gasteiger partial charge in [0.1, 0.15) is 12.1 Å². The van der Waals surface area contributed by atoms with Crippen molar-refractivity contribution < 1.29 is 0 Å². The van der Waals surface area contributed by atoms with Crippen LogP contribution in [0, 0.1) is 0 Å². The fraction of sp³-hybridized carbons (Fsp3) is 0. The number of aromatic nitrogens is 6. The molecule has 9 nitrogen and oxygen atoms in total. The SMILES string of the molecule is c1ccc(-c2nc(B3c4c(sc5ccccc45)N(c4ccccc4)c4sc5ccccc5c43)nc(-c3ccccc3)n2)cc1.c1ccc(N2c3sc4ccccc4c3B(c3nccc4c3sc3ccccc34)c3c2sc2ccccc32)cc1.c1ccc(N2c3sc4ccccc4c3B(c3ncnc4c3sc3ccccc34)c3c2sc2ccccc32)cc1. The summed E-state index contributed by atoms with van der Waals surface area (Å²) < 4.78 is 12.8. The van der Waals surface area contributed by atoms with Crippen molar-refractivity contribution >= 4 is 309 Å². The molecule has 3 aliphatic rings. The van der Waals surface area contributed by atoms with Crippen molar-refractivity contribution in [1.82, 2.24) is 29.9 Å². The zero-order valence-electron chi connectivity index (χ0n) is 64.7. The molecular formula is C102H60B3N9S8. The Bertz CT molecular complexity index is 7630. The monoisotopic (exact) mass is 1700 g/mol. The Morgan fingerprint density at radius 2 is 0.492 bits per heavy atom. The number of anilines is 9. The first-order valence-electron chi connectivity index (χ1n) is 40.5. The molecule has 0 saturated heterocycles. The maximum Gasteiger partial charge on any atom is 0.297 e. The highest BCUT2D eigenvalue weighted by Crippen LogP contribution is 2.52. The van der Waals surface area contributed by atoms with Crippen molar-refractivity contribution in [1.29, 1.82) is 0 Å². The van der Waals surface area contributed by atoms with Gasteiger partial charge < -0.3 is 0 Å². The second-order valence-electron chi connectivity index (χ2n) is 30.5. The normalized spacial score (nSPS) is 12.8. The summed E-state index contributed by atoms with van der Waals surface area (Å²) in [6.07, 6.45) is 3.78. The summed E-state index contributed by atoms with van der Waals surface area (Å²) in [5.74, 6) is 1.37. The number of fused-ring (bicyclic) bond motifs is 24. The van der Waals surface area contributed by atoms with Crippen molar-refractivity contribution in [3.8, 4) is 22.8 Å². The van der Waals surface area contributed by atoms with Gasteiger partial charge in [-0.1, -0.05) is 261 Å². The van der Waals surface area contributed by atoms with E-state index in [-0.39, 0.29) is 20.1 Å². The van der Waals surface area contributed by atoms with Crippen molar-refractivity contribution in [2.75, 3.05) is 14.7 Å². The highest BCUT2D eigenvalue weighted by atomic mass is 32.1. The second kappa shape index (κ2) is 29.4. The van der Waals surface area contributed by atoms with Crippen LogP contribution in [0.4, 0.5) is 47.1 Å². The van der Waals surface area contributed by atoms with Crippen LogP contribution in [0.2, 0.25) is 0 Å². The van der Waals surface area contributed by atoms with Gasteiger partial charge in [-0.2, -0.15) is 0 Å². The van der Waals surface area contributed by atoms with E-state index in [1.54, 1.807) is 6.33 Å². The molecule has 570 valence electrons. The molecule has 0 amide bonds. The van der Waals surface area contributed by atoms with Crippen LogP contribution in [-0.2, 0) is 0 Å². The third-order valence-electron chi connectivity index (χ3n) is 23.7. The standard InChI is InChI=1S/C37H23BN4S2.C33H19BN2S3.C32H18BN3S3/c1-4-14-24(15-5-1)33-39-34(25-16-6-2-7-17-25)41-37(40-33)38-31-27-20-10-12-22-29(27)43-35(31)42(26-18-8-3-9-19-26)36-32(38)28-21-11-13-23-30(28)44-36;1-2-10-20(11-3-1)36-32-28(23-13-5-8-16-26(23)38-32)34(29-24-14-6-9-17-27(24)39-33(29)36)31-30-22(18-19-35-31)21-12-4-7-15-25(21)37-30;1-2-10-19(11-3-1)36-31-26(20-12-4-7-15-23(20)38-31)33(27-21-13-5-8-16-24(21)39-32(27)36)30-29-28(34-18-35-30)22-14-6-9-17-25(22)37-29/h1-23H;1-19H;1-18H. The fourth-order valence-electron chi connectivity index (χ4n) is 18.5. The van der Waals surface area contributed by atoms with Crippen LogP contribution in [0.1, 0.15) is 0 Å². The molecule has 0 aliphatic carbocycles. The van der Waals surface area contributed by atoms with Crippen molar-refractivity contribution in [3.05, 3.63) is 364 Å². The van der Waals surface area contributed by atoms with Gasteiger partial charge in [0.15, 0.2) is 11.6 Å². The number of hydrogen-bond donors (Lipinski definition) is 0. The fourth-order valence-corrected chi connectivity index (χ4v) is 28.7. The van der Waals surface area contributed by atoms with Gasteiger partial charge in [0.05, 0.1) is 40.2 Å². The summed E-state index contributed by atoms with van der Waals surface area (Å²) in [7, 11) is 0. The molecule has 0 unspecified atom stereocenters. The van der Waals surface area contributed by atoms with E-state index < -0.39 is 0 Å². The quantitative estimate of drug-likeness (QED) is 0.138. The van der Waals surface area contributed by atoms with Gasteiger partial charge in [-0.15, -0.1) is 90.7 Å². The van der Waals surface area contributed by atoms with E-state index in [0.29, 0.717) is 11.6 Å². The van der Waals surface area contributed by atoms with Gasteiger partial charge >= 0.3 is 0 Å². The Morgan fingerprint density at radius 3 is 0.852 bits per heavy atom. The smallest absolute Gasteiger partial charge is 0.294 e. The van der Waals surface area contributed by atoms with E-state index in [0.717, 1.165) is 39.2 Å². The molecule has 11 aromatic heterocycles. The van der Waals surface area contributed by atoms with Crippen LogP contribution >= 0.6 is 90.7 Å². The minimum Gasteiger partial charge on any atom is -0.294 e. The molecule has 0 N–H and O–H groups in total. The Hall–Kier alpha value is -13.1. The third kappa shape index (κ3) is 11.5. The minimum absolute atomic E-state index is 0.000763. The largest absolute Gasteiger partial charge is 0.297 e. The summed E-state index contributed by atoms with van der Waals surface area (Å²) in [4.78, 5) is 38.1. The number of nitrogens with zero attached hydrogens (tertiary/aromatic N) is 9. The third-order valence-corrected chi connectivity index (χ3v) is 33.1. The summed E-state index contributed by atoms with van der Waals surface area (Å²) in [5.41, 5.74) is 17.5. The average Bonchev–Trinajstić information content (AvgIpc) is 1.55. The lowest BCUT2D eigenvalue weighted by Crippen LogP contribution is -2.58. The summed E-state index contributed by atoms with van der Waals surface area (Å²) in [5, 5.41) is 19.1. The molecule has 14 heterocycles. The number of hydrogen-bond acceptors (Lipinski definition) is 17. The highest BCUT2D eigenvalue weighted by molar-refractivity contribution is 7.34. The lowest BCUT2D eigenvalue weighted by molar-refractivity contribution is 1.10. The number of benzene rings is 13. The Morgan fingerprint density at radius 1 is 0.213 bits per heavy atom. The van der Waals surface area contributed by atoms with E-state index in [1.807, 2.05) is 133 Å². The first kappa shape index (κ1) is 71.8. The predicted octanol–water partition coefficient (Wildman–Crippen LogP) is 23.7. The maximum absolute atomic E-state index is 5.29. The van der Waals surface area contributed by atoms with Crippen LogP contribution in [-0.4, -0.2) is 50.0 Å². The number of para-hydroxylation sites is 3. The lowest BCUT2D eigenvalue weighted by atomic mass is 9.37. The van der Waals surface area contributed by atoms with Crippen LogP contribution < -0.4 is 64.4 Å². The second-order valence-corrected chi connectivity index (χ2v) is 38.8. The molecule has 0 bridgehead atoms. The van der Waals surface area contributed by atoms with Crippen molar-refractivity contribution in [3.63, 3.8) is 0 Å². The Balaban J connectivity index is 0.000000101. The molecule has 0 saturated carbocycles. The molecule has 27 rings (SSSR count). The Kier molecular flexibility index (Phi) is 17.3. The van der Waals surface area contributed by atoms with E-state index in [4.69, 9.17) is 29.9 Å². The first-order valence-corrected chi connectivity index (χ1v) is 47.0. The molecule has 0 fully saturated rings. The molecule has 3 aliphatic heterocycles. The molecule has 13 aromatic carbocycles. The van der Waals surface area contributed by atoms with E-state index in [1.165, 1.54) is 170 Å². The van der Waals surface area contributed by atoms with Gasteiger partial charge in [0, 0.05) is 104 Å². The minimum atomic E-state index is -0.180. The predicted molar refractivity (Wildman–Crippen MR) is 532 cm³/mol. The van der Waals surface area contributed by atoms with Crippen LogP contribution in [0.25, 0.3) is 124 Å². The zero-order valence-corrected chi connectivity index (χ0v) is 71.2. The first-order chi connectivity index (χ1) is 60.6. The average molecular weight is 1700 g/mol. The van der Waals surface area contributed by atoms with E-state index in [9.17, 15) is 0 Å². The zero-order chi connectivity index (χ0) is 80.0. The molecule has 0 atom stereocenters. The molecule has 122 heavy (non-hydrogen) atoms. The summed E-state index contributed by atoms with van der Waals surface area (Å²) in [6, 6.07) is 125. The van der Waals surface area contributed by atoms with E-state index in [2.05, 4.69) is 330 Å². The highest BCUT2D eigenvalue weighted by Gasteiger charge is 2.47.